The summed E-state index contributed by atoms with van der Waals surface area (Å²) in [6.07, 6.45) is -0.717. The van der Waals surface area contributed by atoms with Gasteiger partial charge in [-0.3, -0.25) is 0 Å². The van der Waals surface area contributed by atoms with Gasteiger partial charge in [-0.05, 0) is 30.2 Å². The normalized spacial score (nSPS) is 14.2. The summed E-state index contributed by atoms with van der Waals surface area (Å²) >= 11 is 5.83. The Morgan fingerprint density at radius 1 is 1.06 bits per heavy atom. The number of halogens is 1. The number of hydrogen-bond donors (Lipinski definition) is 2. The summed E-state index contributed by atoms with van der Waals surface area (Å²) in [5, 5.41) is 10.9. The van der Waals surface area contributed by atoms with E-state index in [2.05, 4.69) is 0 Å². The molecule has 18 heavy (non-hydrogen) atoms. The van der Waals surface area contributed by atoms with E-state index in [0.717, 1.165) is 16.7 Å². The Balaban J connectivity index is 2.23. The van der Waals surface area contributed by atoms with Gasteiger partial charge in [0.05, 0.1) is 12.1 Å². The third-order valence-corrected chi connectivity index (χ3v) is 3.23. The average molecular weight is 262 g/mol. The molecule has 94 valence electrons. The van der Waals surface area contributed by atoms with Crippen LogP contribution in [0, 0.1) is 6.92 Å². The highest BCUT2D eigenvalue weighted by atomic mass is 35.5. The lowest BCUT2D eigenvalue weighted by molar-refractivity contribution is 0.147. The fourth-order valence-corrected chi connectivity index (χ4v) is 2.05. The second kappa shape index (κ2) is 5.53. The molecule has 0 spiro atoms. The fraction of sp³-hybridized carbons (Fsp3) is 0.200. The summed E-state index contributed by atoms with van der Waals surface area (Å²) in [6.45, 7) is 1.99. The largest absolute Gasteiger partial charge is 0.386 e. The molecule has 0 aliphatic carbocycles. The van der Waals surface area contributed by atoms with Crippen LogP contribution in [0.5, 0.6) is 0 Å². The van der Waals surface area contributed by atoms with Gasteiger partial charge in [-0.2, -0.15) is 0 Å². The maximum atomic E-state index is 10.3. The number of rotatable bonds is 3. The van der Waals surface area contributed by atoms with Crippen molar-refractivity contribution in [3.63, 3.8) is 0 Å². The molecule has 0 aliphatic heterocycles. The van der Waals surface area contributed by atoms with Crippen molar-refractivity contribution in [1.82, 2.24) is 0 Å². The molecular weight excluding hydrogens is 246 g/mol. The zero-order chi connectivity index (χ0) is 13.1. The quantitative estimate of drug-likeness (QED) is 0.890. The van der Waals surface area contributed by atoms with E-state index in [1.54, 1.807) is 12.1 Å². The molecule has 0 unspecified atom stereocenters. The van der Waals surface area contributed by atoms with Gasteiger partial charge in [0.15, 0.2) is 0 Å². The third-order valence-electron chi connectivity index (χ3n) is 2.98. The van der Waals surface area contributed by atoms with Gasteiger partial charge < -0.3 is 10.8 Å². The molecule has 0 bridgehead atoms. The molecule has 2 atom stereocenters. The van der Waals surface area contributed by atoms with E-state index >= 15 is 0 Å². The van der Waals surface area contributed by atoms with Crippen LogP contribution in [0.1, 0.15) is 28.8 Å². The SMILES string of the molecule is Cc1cccc([C@@H](O)[C@H](N)c2ccc(Cl)cc2)c1. The highest BCUT2D eigenvalue weighted by Crippen LogP contribution is 2.27. The molecule has 3 heteroatoms. The minimum atomic E-state index is -0.717. The molecule has 0 aromatic heterocycles. The highest BCUT2D eigenvalue weighted by Gasteiger charge is 2.18. The molecule has 0 saturated heterocycles. The van der Waals surface area contributed by atoms with E-state index in [1.807, 2.05) is 43.3 Å². The Kier molecular flexibility index (Phi) is 4.02. The average Bonchev–Trinajstić information content (AvgIpc) is 2.38. The van der Waals surface area contributed by atoms with Gasteiger partial charge in [0.1, 0.15) is 0 Å². The van der Waals surface area contributed by atoms with Gasteiger partial charge in [-0.15, -0.1) is 0 Å². The second-order valence-corrected chi connectivity index (χ2v) is 4.87. The van der Waals surface area contributed by atoms with Crippen LogP contribution in [-0.4, -0.2) is 5.11 Å². The summed E-state index contributed by atoms with van der Waals surface area (Å²) in [6, 6.07) is 14.5. The van der Waals surface area contributed by atoms with Crippen molar-refractivity contribution < 1.29 is 5.11 Å². The molecular formula is C15H16ClNO. The highest BCUT2D eigenvalue weighted by molar-refractivity contribution is 6.30. The van der Waals surface area contributed by atoms with Crippen LogP contribution in [0.4, 0.5) is 0 Å². The zero-order valence-electron chi connectivity index (χ0n) is 10.2. The van der Waals surface area contributed by atoms with Gasteiger partial charge in [0, 0.05) is 5.02 Å². The van der Waals surface area contributed by atoms with Gasteiger partial charge in [0.2, 0.25) is 0 Å². The van der Waals surface area contributed by atoms with Gasteiger partial charge in [-0.25, -0.2) is 0 Å². The Morgan fingerprint density at radius 2 is 1.72 bits per heavy atom. The minimum absolute atomic E-state index is 0.455. The number of hydrogen-bond acceptors (Lipinski definition) is 2. The van der Waals surface area contributed by atoms with Crippen LogP contribution in [0.15, 0.2) is 48.5 Å². The monoisotopic (exact) mass is 261 g/mol. The molecule has 0 amide bonds. The van der Waals surface area contributed by atoms with Gasteiger partial charge >= 0.3 is 0 Å². The van der Waals surface area contributed by atoms with Crippen molar-refractivity contribution in [2.24, 2.45) is 5.73 Å². The number of aliphatic hydroxyl groups excluding tert-OH is 1. The van der Waals surface area contributed by atoms with E-state index in [9.17, 15) is 5.11 Å². The molecule has 0 fully saturated rings. The molecule has 2 rings (SSSR count). The van der Waals surface area contributed by atoms with Crippen molar-refractivity contribution in [2.75, 3.05) is 0 Å². The summed E-state index contributed by atoms with van der Waals surface area (Å²) in [4.78, 5) is 0. The van der Waals surface area contributed by atoms with Gasteiger partial charge in [-0.1, -0.05) is 53.6 Å². The molecule has 3 N–H and O–H groups in total. The number of aliphatic hydroxyl groups is 1. The van der Waals surface area contributed by atoms with Crippen molar-refractivity contribution >= 4 is 11.6 Å². The predicted molar refractivity (Wildman–Crippen MR) is 74.5 cm³/mol. The predicted octanol–water partition coefficient (Wildman–Crippen LogP) is 3.38. The summed E-state index contributed by atoms with van der Waals surface area (Å²) < 4.78 is 0. The lowest BCUT2D eigenvalue weighted by atomic mass is 9.96. The third kappa shape index (κ3) is 2.91. The molecule has 0 heterocycles. The van der Waals surface area contributed by atoms with Crippen LogP contribution in [0.2, 0.25) is 5.02 Å². The van der Waals surface area contributed by atoms with Crippen molar-refractivity contribution in [3.05, 3.63) is 70.2 Å². The van der Waals surface area contributed by atoms with Crippen molar-refractivity contribution in [2.45, 2.75) is 19.1 Å². The molecule has 0 radical (unpaired) electrons. The lowest BCUT2D eigenvalue weighted by Crippen LogP contribution is -2.19. The van der Waals surface area contributed by atoms with E-state index < -0.39 is 12.1 Å². The molecule has 0 aliphatic rings. The Hall–Kier alpha value is -1.35. The number of nitrogens with two attached hydrogens (primary N) is 1. The van der Waals surface area contributed by atoms with Gasteiger partial charge in [0.25, 0.3) is 0 Å². The molecule has 0 saturated carbocycles. The summed E-state index contributed by atoms with van der Waals surface area (Å²) in [5.41, 5.74) is 8.88. The zero-order valence-corrected chi connectivity index (χ0v) is 10.9. The first-order valence-corrected chi connectivity index (χ1v) is 6.21. The maximum absolute atomic E-state index is 10.3. The van der Waals surface area contributed by atoms with Crippen LogP contribution in [-0.2, 0) is 0 Å². The van der Waals surface area contributed by atoms with E-state index in [1.165, 1.54) is 0 Å². The molecule has 2 aromatic carbocycles. The van der Waals surface area contributed by atoms with Crippen LogP contribution in [0.25, 0.3) is 0 Å². The standard InChI is InChI=1S/C15H16ClNO/c1-10-3-2-4-12(9-10)15(18)14(17)11-5-7-13(16)8-6-11/h2-9,14-15,18H,17H2,1H3/t14-,15-/m1/s1. The second-order valence-electron chi connectivity index (χ2n) is 4.44. The first-order chi connectivity index (χ1) is 8.58. The minimum Gasteiger partial charge on any atom is -0.386 e. The topological polar surface area (TPSA) is 46.2 Å². The van der Waals surface area contributed by atoms with Crippen LogP contribution < -0.4 is 5.73 Å². The van der Waals surface area contributed by atoms with Crippen LogP contribution in [0.3, 0.4) is 0 Å². The maximum Gasteiger partial charge on any atom is 0.0982 e. The smallest absolute Gasteiger partial charge is 0.0982 e. The Labute approximate surface area is 112 Å². The number of aryl methyl sites for hydroxylation is 1. The fourth-order valence-electron chi connectivity index (χ4n) is 1.93. The van der Waals surface area contributed by atoms with E-state index in [4.69, 9.17) is 17.3 Å². The molecule has 2 nitrogen and oxygen atoms in total. The van der Waals surface area contributed by atoms with Crippen LogP contribution >= 0.6 is 11.6 Å². The first-order valence-electron chi connectivity index (χ1n) is 5.83. The molecule has 2 aromatic rings. The lowest BCUT2D eigenvalue weighted by Gasteiger charge is -2.20. The summed E-state index contributed by atoms with van der Waals surface area (Å²) in [5.74, 6) is 0. The van der Waals surface area contributed by atoms with E-state index in [0.29, 0.717) is 5.02 Å². The Morgan fingerprint density at radius 3 is 2.33 bits per heavy atom. The number of benzene rings is 2. The van der Waals surface area contributed by atoms with E-state index in [-0.39, 0.29) is 0 Å². The summed E-state index contributed by atoms with van der Waals surface area (Å²) in [7, 11) is 0. The Bertz CT molecular complexity index is 524. The first kappa shape index (κ1) is 13.1. The van der Waals surface area contributed by atoms with Crippen molar-refractivity contribution in [3.8, 4) is 0 Å². The van der Waals surface area contributed by atoms with Crippen molar-refractivity contribution in [1.29, 1.82) is 0 Å².